The first-order valence-electron chi connectivity index (χ1n) is 7.04. The fourth-order valence-electron chi connectivity index (χ4n) is 2.17. The van der Waals surface area contributed by atoms with Crippen LogP contribution in [0.1, 0.15) is 24.7 Å². The fraction of sp³-hybridized carbons (Fsp3) is 0.467. The molecule has 1 atom stereocenters. The van der Waals surface area contributed by atoms with Gasteiger partial charge in [-0.15, -0.1) is 0 Å². The van der Waals surface area contributed by atoms with Crippen LogP contribution in [0.2, 0.25) is 0 Å². The van der Waals surface area contributed by atoms with Gasteiger partial charge >= 0.3 is 0 Å². The lowest BCUT2D eigenvalue weighted by atomic mass is 9.88. The summed E-state index contributed by atoms with van der Waals surface area (Å²) < 4.78 is 5.30. The molecule has 21 heavy (non-hydrogen) atoms. The van der Waals surface area contributed by atoms with E-state index in [1.54, 1.807) is 11.8 Å². The highest BCUT2D eigenvalue weighted by atomic mass is 32.2. The summed E-state index contributed by atoms with van der Waals surface area (Å²) in [5.41, 5.74) is 0.717. The first kappa shape index (κ1) is 16.4. The minimum Gasteiger partial charge on any atom is -0.394 e. The van der Waals surface area contributed by atoms with Crippen molar-refractivity contribution in [2.75, 3.05) is 19.4 Å². The van der Waals surface area contributed by atoms with Crippen LogP contribution in [0.5, 0.6) is 0 Å². The maximum Gasteiger partial charge on any atom is 0.170 e. The number of hydrogen-bond acceptors (Lipinski definition) is 6. The molecule has 0 saturated carbocycles. The molecular weight excluding hydrogens is 302 g/mol. The van der Waals surface area contributed by atoms with Crippen LogP contribution in [0.25, 0.3) is 0 Å². The van der Waals surface area contributed by atoms with Gasteiger partial charge in [-0.1, -0.05) is 49.0 Å². The van der Waals surface area contributed by atoms with Gasteiger partial charge in [-0.2, -0.15) is 4.37 Å². The van der Waals surface area contributed by atoms with Gasteiger partial charge in [0.2, 0.25) is 0 Å². The Morgan fingerprint density at radius 2 is 2.10 bits per heavy atom. The molecule has 1 unspecified atom stereocenters. The number of hydrogen-bond donors (Lipinski definition) is 2. The molecule has 1 aromatic heterocycles. The quantitative estimate of drug-likeness (QED) is 0.732. The second-order valence-corrected chi connectivity index (χ2v) is 6.88. The van der Waals surface area contributed by atoms with Crippen molar-refractivity contribution in [2.45, 2.75) is 29.6 Å². The van der Waals surface area contributed by atoms with Crippen LogP contribution in [-0.4, -0.2) is 33.9 Å². The number of nitrogens with zero attached hydrogens (tertiary/aromatic N) is 2. The van der Waals surface area contributed by atoms with Gasteiger partial charge in [0.1, 0.15) is 5.82 Å². The molecule has 2 N–H and O–H groups in total. The summed E-state index contributed by atoms with van der Waals surface area (Å²) in [6, 6.07) is 10.1. The summed E-state index contributed by atoms with van der Waals surface area (Å²) in [5, 5.41) is 13.2. The Bertz CT molecular complexity index is 541. The first-order chi connectivity index (χ1) is 10.2. The molecule has 0 radical (unpaired) electrons. The third-order valence-electron chi connectivity index (χ3n) is 3.59. The van der Waals surface area contributed by atoms with E-state index >= 15 is 0 Å². The van der Waals surface area contributed by atoms with E-state index < -0.39 is 5.54 Å². The molecule has 0 amide bonds. The Kier molecular flexibility index (Phi) is 6.17. The van der Waals surface area contributed by atoms with Gasteiger partial charge in [0.25, 0.3) is 0 Å². The number of aliphatic hydroxyl groups is 1. The zero-order chi connectivity index (χ0) is 15.1. The summed E-state index contributed by atoms with van der Waals surface area (Å²) in [6.45, 7) is 2.13. The zero-order valence-corrected chi connectivity index (χ0v) is 14.0. The van der Waals surface area contributed by atoms with Crippen LogP contribution < -0.4 is 5.32 Å². The lowest BCUT2D eigenvalue weighted by molar-refractivity contribution is 0.165. The molecule has 4 nitrogen and oxygen atoms in total. The number of benzene rings is 1. The Labute approximate surface area is 134 Å². The zero-order valence-electron chi connectivity index (χ0n) is 12.4. The van der Waals surface area contributed by atoms with E-state index in [4.69, 9.17) is 0 Å². The van der Waals surface area contributed by atoms with Crippen molar-refractivity contribution in [3.8, 4) is 0 Å². The standard InChI is InChI=1S/C15H21N3OS2/c1-3-13-17-14(21-18-13)20-10-9-15(11-19,16-2)12-7-5-4-6-8-12/h4-8,16,19H,3,9-11H2,1-2H3. The highest BCUT2D eigenvalue weighted by Gasteiger charge is 2.29. The third-order valence-corrected chi connectivity index (χ3v) is 5.47. The van der Waals surface area contributed by atoms with Crippen LogP contribution >= 0.6 is 23.3 Å². The maximum absolute atomic E-state index is 9.87. The molecule has 0 bridgehead atoms. The van der Waals surface area contributed by atoms with E-state index in [-0.39, 0.29) is 6.61 Å². The number of aromatic nitrogens is 2. The van der Waals surface area contributed by atoms with Gasteiger partial charge in [-0.25, -0.2) is 4.98 Å². The largest absolute Gasteiger partial charge is 0.394 e. The van der Waals surface area contributed by atoms with E-state index in [9.17, 15) is 5.11 Å². The number of likely N-dealkylation sites (N-methyl/N-ethyl adjacent to an activating group) is 1. The summed E-state index contributed by atoms with van der Waals surface area (Å²) in [6.07, 6.45) is 1.70. The lowest BCUT2D eigenvalue weighted by Crippen LogP contribution is -2.44. The van der Waals surface area contributed by atoms with E-state index in [2.05, 4.69) is 33.7 Å². The number of rotatable bonds is 8. The maximum atomic E-state index is 9.87. The predicted molar refractivity (Wildman–Crippen MR) is 88.9 cm³/mol. The van der Waals surface area contributed by atoms with Crippen molar-refractivity contribution in [1.29, 1.82) is 0 Å². The minimum atomic E-state index is -0.396. The average molecular weight is 323 g/mol. The number of thioether (sulfide) groups is 1. The van der Waals surface area contributed by atoms with Gasteiger partial charge in [0, 0.05) is 12.2 Å². The number of aryl methyl sites for hydroxylation is 1. The highest BCUT2D eigenvalue weighted by molar-refractivity contribution is 8.00. The van der Waals surface area contributed by atoms with Crippen molar-refractivity contribution >= 4 is 23.3 Å². The van der Waals surface area contributed by atoms with Gasteiger partial charge in [-0.05, 0) is 30.6 Å². The van der Waals surface area contributed by atoms with Crippen LogP contribution in [0.3, 0.4) is 0 Å². The SMILES string of the molecule is CCc1nsc(SCCC(CO)(NC)c2ccccc2)n1. The Hall–Kier alpha value is -0.950. The summed E-state index contributed by atoms with van der Waals surface area (Å²) >= 11 is 3.16. The van der Waals surface area contributed by atoms with Gasteiger partial charge < -0.3 is 10.4 Å². The smallest absolute Gasteiger partial charge is 0.170 e. The Morgan fingerprint density at radius 3 is 2.67 bits per heavy atom. The van der Waals surface area contributed by atoms with Crippen molar-refractivity contribution in [3.63, 3.8) is 0 Å². The molecule has 1 heterocycles. The molecule has 0 aliphatic rings. The van der Waals surface area contributed by atoms with Crippen molar-refractivity contribution < 1.29 is 5.11 Å². The number of nitrogens with one attached hydrogen (secondary N) is 1. The number of aliphatic hydroxyl groups excluding tert-OH is 1. The topological polar surface area (TPSA) is 58.0 Å². The monoisotopic (exact) mass is 323 g/mol. The minimum absolute atomic E-state index is 0.0738. The normalized spacial score (nSPS) is 14.0. The van der Waals surface area contributed by atoms with Gasteiger partial charge in [0.15, 0.2) is 4.34 Å². The Morgan fingerprint density at radius 1 is 1.33 bits per heavy atom. The summed E-state index contributed by atoms with van der Waals surface area (Å²) in [7, 11) is 1.90. The molecule has 0 fully saturated rings. The van der Waals surface area contributed by atoms with E-state index in [1.807, 2.05) is 25.2 Å². The molecule has 0 aliphatic heterocycles. The molecule has 1 aromatic carbocycles. The second-order valence-electron chi connectivity index (χ2n) is 4.78. The lowest BCUT2D eigenvalue weighted by Gasteiger charge is -2.32. The molecule has 0 saturated heterocycles. The predicted octanol–water partition coefficient (Wildman–Crippen LogP) is 2.69. The first-order valence-corrected chi connectivity index (χ1v) is 8.80. The van der Waals surface area contributed by atoms with Crippen LogP contribution in [-0.2, 0) is 12.0 Å². The van der Waals surface area contributed by atoms with Crippen LogP contribution in [0.4, 0.5) is 0 Å². The van der Waals surface area contributed by atoms with Crippen LogP contribution in [0, 0.1) is 0 Å². The van der Waals surface area contributed by atoms with Crippen molar-refractivity contribution in [2.24, 2.45) is 0 Å². The van der Waals surface area contributed by atoms with Crippen molar-refractivity contribution in [1.82, 2.24) is 14.7 Å². The molecule has 2 aromatic rings. The van der Waals surface area contributed by atoms with Crippen LogP contribution in [0.15, 0.2) is 34.7 Å². The molecular formula is C15H21N3OS2. The third kappa shape index (κ3) is 4.03. The summed E-state index contributed by atoms with van der Waals surface area (Å²) in [5.74, 6) is 1.79. The van der Waals surface area contributed by atoms with E-state index in [0.717, 1.165) is 34.3 Å². The second kappa shape index (κ2) is 7.89. The van der Waals surface area contributed by atoms with E-state index in [0.29, 0.717) is 0 Å². The highest BCUT2D eigenvalue weighted by Crippen LogP contribution is 2.29. The molecule has 6 heteroatoms. The molecule has 0 spiro atoms. The van der Waals surface area contributed by atoms with Gasteiger partial charge in [-0.3, -0.25) is 0 Å². The van der Waals surface area contributed by atoms with Gasteiger partial charge in [0.05, 0.1) is 12.1 Å². The molecule has 114 valence electrons. The van der Waals surface area contributed by atoms with Crippen molar-refractivity contribution in [3.05, 3.63) is 41.7 Å². The van der Waals surface area contributed by atoms with E-state index in [1.165, 1.54) is 11.5 Å². The summed E-state index contributed by atoms with van der Waals surface area (Å²) in [4.78, 5) is 4.46. The molecule has 0 aliphatic carbocycles. The average Bonchev–Trinajstić information content (AvgIpc) is 3.01. The Balaban J connectivity index is 2.00. The fourth-order valence-corrected chi connectivity index (χ4v) is 4.04. The molecule has 2 rings (SSSR count).